The Bertz CT molecular complexity index is 812. The van der Waals surface area contributed by atoms with Crippen LogP contribution in [0.5, 0.6) is 5.75 Å². The highest BCUT2D eigenvalue weighted by Crippen LogP contribution is 2.12. The van der Waals surface area contributed by atoms with E-state index in [4.69, 9.17) is 4.74 Å². The van der Waals surface area contributed by atoms with E-state index >= 15 is 0 Å². The molecule has 0 aliphatic rings. The molecule has 1 rings (SSSR count). The maximum absolute atomic E-state index is 11.8. The van der Waals surface area contributed by atoms with Crippen molar-refractivity contribution in [3.8, 4) is 5.75 Å². The van der Waals surface area contributed by atoms with E-state index in [1.54, 1.807) is 13.2 Å². The maximum Gasteiger partial charge on any atom is 0.244 e. The van der Waals surface area contributed by atoms with Gasteiger partial charge in [0.25, 0.3) is 0 Å². The summed E-state index contributed by atoms with van der Waals surface area (Å²) in [4.78, 5) is 11.8. The molecule has 3 nitrogen and oxygen atoms in total. The van der Waals surface area contributed by atoms with Crippen molar-refractivity contribution >= 4 is 5.91 Å². The van der Waals surface area contributed by atoms with Crippen LogP contribution in [0.1, 0.15) is 63.9 Å². The minimum atomic E-state index is -0.128. The number of benzene rings is 1. The number of amides is 1. The number of ether oxygens (including phenoxy) is 1. The van der Waals surface area contributed by atoms with E-state index in [0.29, 0.717) is 6.54 Å². The molecule has 0 aromatic heterocycles. The lowest BCUT2D eigenvalue weighted by atomic mass is 10.1. The summed E-state index contributed by atoms with van der Waals surface area (Å²) in [6.45, 7) is 2.73. The van der Waals surface area contributed by atoms with Gasteiger partial charge in [-0.2, -0.15) is 0 Å². The van der Waals surface area contributed by atoms with Crippen LogP contribution in [0.25, 0.3) is 0 Å². The molecule has 178 valence electrons. The summed E-state index contributed by atoms with van der Waals surface area (Å²) in [6.07, 6.45) is 34.0. The Hall–Kier alpha value is -3.07. The summed E-state index contributed by atoms with van der Waals surface area (Å²) in [5, 5.41) is 2.85. The standard InChI is InChI=1S/C30H41NO2/c1-3-4-5-6-7-8-9-10-11-12-13-14-15-16-17-18-19-20-21-25-30(32)31-27-28-23-22-24-29(26-28)33-2/h11-26H,3-10,27H2,1-2H3,(H,31,32). The number of carbonyl (C=O) groups excluding carboxylic acids is 1. The molecule has 0 atom stereocenters. The number of hydrogen-bond acceptors (Lipinski definition) is 2. The molecule has 3 heteroatoms. The summed E-state index contributed by atoms with van der Waals surface area (Å²) in [5.74, 6) is 0.656. The first kappa shape index (κ1) is 28.0. The first-order chi connectivity index (χ1) is 16.3. The lowest BCUT2D eigenvalue weighted by Crippen LogP contribution is -2.20. The van der Waals surface area contributed by atoms with E-state index < -0.39 is 0 Å². The highest BCUT2D eigenvalue weighted by Gasteiger charge is 1.98. The number of allylic oxidation sites excluding steroid dienone is 11. The van der Waals surface area contributed by atoms with Gasteiger partial charge in [0.1, 0.15) is 5.75 Å². The van der Waals surface area contributed by atoms with Crippen molar-refractivity contribution in [3.05, 3.63) is 103 Å². The molecule has 1 aromatic carbocycles. The monoisotopic (exact) mass is 447 g/mol. The molecule has 33 heavy (non-hydrogen) atoms. The van der Waals surface area contributed by atoms with E-state index in [-0.39, 0.29) is 5.91 Å². The van der Waals surface area contributed by atoms with Crippen molar-refractivity contribution in [3.63, 3.8) is 0 Å². The Labute approximate surface area is 201 Å². The van der Waals surface area contributed by atoms with Gasteiger partial charge in [0, 0.05) is 12.6 Å². The summed E-state index contributed by atoms with van der Waals surface area (Å²) in [7, 11) is 1.63. The van der Waals surface area contributed by atoms with E-state index in [1.807, 2.05) is 66.8 Å². The van der Waals surface area contributed by atoms with Gasteiger partial charge >= 0.3 is 0 Å². The molecular weight excluding hydrogens is 406 g/mol. The van der Waals surface area contributed by atoms with E-state index in [0.717, 1.165) is 11.3 Å². The highest BCUT2D eigenvalue weighted by molar-refractivity contribution is 5.87. The minimum Gasteiger partial charge on any atom is -0.497 e. The van der Waals surface area contributed by atoms with Crippen LogP contribution < -0.4 is 10.1 Å². The molecule has 0 aliphatic heterocycles. The Morgan fingerprint density at radius 1 is 0.818 bits per heavy atom. The van der Waals surface area contributed by atoms with Crippen LogP contribution in [0.2, 0.25) is 0 Å². The fourth-order valence-electron chi connectivity index (χ4n) is 3.08. The second-order valence-corrected chi connectivity index (χ2v) is 7.81. The molecule has 1 aromatic rings. The summed E-state index contributed by atoms with van der Waals surface area (Å²) in [5.41, 5.74) is 0.999. The van der Waals surface area contributed by atoms with Crippen LogP contribution >= 0.6 is 0 Å². The molecule has 0 unspecified atom stereocenters. The fourth-order valence-corrected chi connectivity index (χ4v) is 3.08. The Balaban J connectivity index is 2.10. The van der Waals surface area contributed by atoms with Gasteiger partial charge in [-0.15, -0.1) is 0 Å². The molecule has 0 spiro atoms. The van der Waals surface area contributed by atoms with Gasteiger partial charge in [0.05, 0.1) is 7.11 Å². The van der Waals surface area contributed by atoms with Crippen LogP contribution in [0, 0.1) is 0 Å². The predicted octanol–water partition coefficient (Wildman–Crippen LogP) is 7.79. The third-order valence-electron chi connectivity index (χ3n) is 4.96. The van der Waals surface area contributed by atoms with Crippen molar-refractivity contribution in [2.45, 2.75) is 64.8 Å². The quantitative estimate of drug-likeness (QED) is 0.150. The number of nitrogens with one attached hydrogen (secondary N) is 1. The molecule has 0 heterocycles. The van der Waals surface area contributed by atoms with E-state index in [1.165, 1.54) is 57.4 Å². The normalized spacial score (nSPS) is 12.4. The number of hydrogen-bond donors (Lipinski definition) is 1. The topological polar surface area (TPSA) is 38.3 Å². The van der Waals surface area contributed by atoms with Gasteiger partial charge in [-0.25, -0.2) is 0 Å². The molecule has 0 aliphatic carbocycles. The number of methoxy groups -OCH3 is 1. The number of carbonyl (C=O) groups is 1. The van der Waals surface area contributed by atoms with Gasteiger partial charge < -0.3 is 10.1 Å². The summed E-state index contributed by atoms with van der Waals surface area (Å²) >= 11 is 0. The highest BCUT2D eigenvalue weighted by atomic mass is 16.5. The third-order valence-corrected chi connectivity index (χ3v) is 4.96. The van der Waals surface area contributed by atoms with Crippen LogP contribution in [0.3, 0.4) is 0 Å². The first-order valence-electron chi connectivity index (χ1n) is 12.2. The first-order valence-corrected chi connectivity index (χ1v) is 12.2. The maximum atomic E-state index is 11.8. The van der Waals surface area contributed by atoms with Crippen LogP contribution in [-0.2, 0) is 11.3 Å². The lowest BCUT2D eigenvalue weighted by molar-refractivity contribution is -0.116. The average Bonchev–Trinajstić information content (AvgIpc) is 2.84. The molecule has 0 radical (unpaired) electrons. The largest absolute Gasteiger partial charge is 0.497 e. The van der Waals surface area contributed by atoms with Gasteiger partial charge in [-0.3, -0.25) is 4.79 Å². The molecule has 1 amide bonds. The smallest absolute Gasteiger partial charge is 0.244 e. The van der Waals surface area contributed by atoms with E-state index in [2.05, 4.69) is 30.5 Å². The average molecular weight is 448 g/mol. The van der Waals surface area contributed by atoms with Gasteiger partial charge in [0.15, 0.2) is 0 Å². The fraction of sp³-hybridized carbons (Fsp3) is 0.367. The van der Waals surface area contributed by atoms with Crippen molar-refractivity contribution in [1.82, 2.24) is 5.32 Å². The van der Waals surface area contributed by atoms with Crippen molar-refractivity contribution in [2.75, 3.05) is 7.11 Å². The number of rotatable bonds is 17. The van der Waals surface area contributed by atoms with Crippen molar-refractivity contribution in [1.29, 1.82) is 0 Å². The number of unbranched alkanes of at least 4 members (excludes halogenated alkanes) is 7. The van der Waals surface area contributed by atoms with Crippen LogP contribution in [0.15, 0.2) is 97.2 Å². The minimum absolute atomic E-state index is 0.128. The second-order valence-electron chi connectivity index (χ2n) is 7.81. The predicted molar refractivity (Wildman–Crippen MR) is 142 cm³/mol. The lowest BCUT2D eigenvalue weighted by Gasteiger charge is -2.04. The van der Waals surface area contributed by atoms with Gasteiger partial charge in [-0.05, 0) is 30.5 Å². The molecular formula is C30H41NO2. The summed E-state index contributed by atoms with van der Waals surface area (Å²) < 4.78 is 5.18. The zero-order valence-electron chi connectivity index (χ0n) is 20.4. The Morgan fingerprint density at radius 3 is 2.09 bits per heavy atom. The Morgan fingerprint density at radius 2 is 1.42 bits per heavy atom. The molecule has 1 N–H and O–H groups in total. The van der Waals surface area contributed by atoms with Crippen molar-refractivity contribution in [2.24, 2.45) is 0 Å². The molecule has 0 bridgehead atoms. The van der Waals surface area contributed by atoms with Crippen molar-refractivity contribution < 1.29 is 9.53 Å². The van der Waals surface area contributed by atoms with Crippen LogP contribution in [0.4, 0.5) is 0 Å². The van der Waals surface area contributed by atoms with Gasteiger partial charge in [0.2, 0.25) is 5.91 Å². The molecule has 0 saturated heterocycles. The zero-order valence-corrected chi connectivity index (χ0v) is 20.4. The van der Waals surface area contributed by atoms with E-state index in [9.17, 15) is 4.79 Å². The Kier molecular flexibility index (Phi) is 17.6. The molecule has 0 fully saturated rings. The SMILES string of the molecule is CCCCCCCCCC=CC=CC=CC=CC=CC=CC(=O)NCc1cccc(OC)c1. The third kappa shape index (κ3) is 17.2. The second kappa shape index (κ2) is 20.8. The zero-order chi connectivity index (χ0) is 23.8. The molecule has 0 saturated carbocycles. The van der Waals surface area contributed by atoms with Gasteiger partial charge in [-0.1, -0.05) is 124 Å². The summed E-state index contributed by atoms with van der Waals surface area (Å²) in [6, 6.07) is 7.65. The van der Waals surface area contributed by atoms with Crippen LogP contribution in [-0.4, -0.2) is 13.0 Å².